The summed E-state index contributed by atoms with van der Waals surface area (Å²) in [7, 11) is 1.59. The van der Waals surface area contributed by atoms with Crippen molar-refractivity contribution in [1.82, 2.24) is 14.7 Å². The van der Waals surface area contributed by atoms with Crippen LogP contribution in [0.1, 0.15) is 38.1 Å². The van der Waals surface area contributed by atoms with Crippen molar-refractivity contribution in [2.75, 3.05) is 31.1 Å². The minimum atomic E-state index is -1.16. The molecule has 1 aliphatic heterocycles. The first-order valence-corrected chi connectivity index (χ1v) is 8.29. The Morgan fingerprint density at radius 2 is 1.65 bits per heavy atom. The van der Waals surface area contributed by atoms with Gasteiger partial charge >= 0.3 is 5.97 Å². The number of piperazine rings is 1. The summed E-state index contributed by atoms with van der Waals surface area (Å²) in [5.41, 5.74) is 1.55. The molecule has 0 aliphatic carbocycles. The van der Waals surface area contributed by atoms with Gasteiger partial charge in [0.05, 0.1) is 0 Å². The number of aromatic nitrogens is 2. The minimum absolute atomic E-state index is 0.0246. The lowest BCUT2D eigenvalue weighted by atomic mass is 10.1. The smallest absolute Gasteiger partial charge is 0.339 e. The molecule has 136 valence electrons. The molecule has 1 aliphatic rings. The molecule has 0 bridgehead atoms. The van der Waals surface area contributed by atoms with Crippen LogP contribution in [0.4, 0.5) is 5.69 Å². The van der Waals surface area contributed by atoms with Crippen molar-refractivity contribution in [2.45, 2.75) is 6.92 Å². The summed E-state index contributed by atoms with van der Waals surface area (Å²) in [4.78, 5) is 39.0. The maximum absolute atomic E-state index is 12.6. The van der Waals surface area contributed by atoms with Gasteiger partial charge in [0.1, 0.15) is 5.56 Å². The Morgan fingerprint density at radius 3 is 2.19 bits per heavy atom. The standard InChI is InChI=1S/C18H20N4O4/c1-12(23)13-3-5-14(6-4-13)21-7-9-22(10-8-21)17(24)16-15(18(25)26)11-20(2)19-16/h3-6,11H,7-10H2,1-2H3,(H,25,26). The summed E-state index contributed by atoms with van der Waals surface area (Å²) in [6.07, 6.45) is 1.34. The fourth-order valence-corrected chi connectivity index (χ4v) is 3.03. The van der Waals surface area contributed by atoms with E-state index in [0.29, 0.717) is 31.7 Å². The Bertz CT molecular complexity index is 849. The van der Waals surface area contributed by atoms with Gasteiger partial charge in [0.25, 0.3) is 5.91 Å². The number of Topliss-reactive ketones (excluding diaryl/α,β-unsaturated/α-hetero) is 1. The molecule has 0 atom stereocenters. The monoisotopic (exact) mass is 356 g/mol. The summed E-state index contributed by atoms with van der Waals surface area (Å²) in [6.45, 7) is 3.73. The van der Waals surface area contributed by atoms with Crippen molar-refractivity contribution < 1.29 is 19.5 Å². The molecule has 1 fully saturated rings. The number of rotatable bonds is 4. The van der Waals surface area contributed by atoms with Crippen molar-refractivity contribution >= 4 is 23.3 Å². The lowest BCUT2D eigenvalue weighted by molar-refractivity contribution is 0.0671. The molecule has 8 heteroatoms. The second kappa shape index (κ2) is 6.99. The number of aromatic carboxylic acids is 1. The van der Waals surface area contributed by atoms with Gasteiger partial charge in [0, 0.05) is 50.7 Å². The molecule has 1 aromatic heterocycles. The Labute approximate surface area is 150 Å². The lowest BCUT2D eigenvalue weighted by Gasteiger charge is -2.36. The van der Waals surface area contributed by atoms with Gasteiger partial charge in [-0.3, -0.25) is 14.3 Å². The van der Waals surface area contributed by atoms with E-state index in [2.05, 4.69) is 10.00 Å². The van der Waals surface area contributed by atoms with Crippen molar-refractivity contribution in [3.05, 3.63) is 47.3 Å². The van der Waals surface area contributed by atoms with Crippen molar-refractivity contribution in [3.8, 4) is 0 Å². The van der Waals surface area contributed by atoms with Crippen LogP contribution in [-0.2, 0) is 7.05 Å². The molecule has 0 spiro atoms. The zero-order valence-corrected chi connectivity index (χ0v) is 14.7. The molecule has 3 rings (SSSR count). The largest absolute Gasteiger partial charge is 0.478 e. The van der Waals surface area contributed by atoms with Crippen LogP contribution >= 0.6 is 0 Å². The molecular formula is C18H20N4O4. The number of carbonyl (C=O) groups is 3. The third-order valence-electron chi connectivity index (χ3n) is 4.47. The number of amides is 1. The number of hydrogen-bond donors (Lipinski definition) is 1. The Morgan fingerprint density at radius 1 is 1.04 bits per heavy atom. The number of carboxylic acids is 1. The number of aryl methyl sites for hydroxylation is 1. The number of ketones is 1. The van der Waals surface area contributed by atoms with Crippen molar-refractivity contribution in [2.24, 2.45) is 7.05 Å². The van der Waals surface area contributed by atoms with E-state index in [-0.39, 0.29) is 22.9 Å². The highest BCUT2D eigenvalue weighted by molar-refractivity contribution is 6.03. The van der Waals surface area contributed by atoms with Gasteiger partial charge in [-0.05, 0) is 31.2 Å². The Kier molecular flexibility index (Phi) is 4.75. The van der Waals surface area contributed by atoms with Crippen LogP contribution in [0.2, 0.25) is 0 Å². The summed E-state index contributed by atoms with van der Waals surface area (Å²) in [5, 5.41) is 13.2. The van der Waals surface area contributed by atoms with Crippen LogP contribution in [-0.4, -0.2) is 63.6 Å². The summed E-state index contributed by atoms with van der Waals surface area (Å²) >= 11 is 0. The second-order valence-corrected chi connectivity index (χ2v) is 6.25. The van der Waals surface area contributed by atoms with E-state index in [1.807, 2.05) is 12.1 Å². The average molecular weight is 356 g/mol. The normalized spacial score (nSPS) is 14.4. The fourth-order valence-electron chi connectivity index (χ4n) is 3.03. The highest BCUT2D eigenvalue weighted by Crippen LogP contribution is 2.19. The Balaban J connectivity index is 1.67. The van der Waals surface area contributed by atoms with Gasteiger partial charge in [-0.25, -0.2) is 4.79 Å². The molecule has 2 heterocycles. The maximum atomic E-state index is 12.6. The van der Waals surface area contributed by atoms with E-state index in [1.165, 1.54) is 17.8 Å². The van der Waals surface area contributed by atoms with Crippen LogP contribution in [0.5, 0.6) is 0 Å². The first-order valence-electron chi connectivity index (χ1n) is 8.29. The minimum Gasteiger partial charge on any atom is -0.478 e. The fraction of sp³-hybridized carbons (Fsp3) is 0.333. The lowest BCUT2D eigenvalue weighted by Crippen LogP contribution is -2.49. The molecule has 0 saturated carbocycles. The van der Waals surface area contributed by atoms with E-state index in [9.17, 15) is 19.5 Å². The first-order chi connectivity index (χ1) is 12.4. The molecule has 8 nitrogen and oxygen atoms in total. The molecule has 26 heavy (non-hydrogen) atoms. The molecular weight excluding hydrogens is 336 g/mol. The Hall–Kier alpha value is -3.16. The van der Waals surface area contributed by atoms with Crippen LogP contribution in [0.15, 0.2) is 30.5 Å². The van der Waals surface area contributed by atoms with Crippen molar-refractivity contribution in [3.63, 3.8) is 0 Å². The van der Waals surface area contributed by atoms with Gasteiger partial charge in [-0.2, -0.15) is 5.10 Å². The molecule has 1 amide bonds. The third-order valence-corrected chi connectivity index (χ3v) is 4.47. The number of hydrogen-bond acceptors (Lipinski definition) is 5. The molecule has 0 unspecified atom stereocenters. The van der Waals surface area contributed by atoms with E-state index in [0.717, 1.165) is 5.69 Å². The molecule has 1 saturated heterocycles. The van der Waals surface area contributed by atoms with Crippen LogP contribution in [0, 0.1) is 0 Å². The van der Waals surface area contributed by atoms with E-state index in [1.54, 1.807) is 24.1 Å². The third kappa shape index (κ3) is 3.44. The zero-order chi connectivity index (χ0) is 18.8. The molecule has 1 aromatic carbocycles. The SMILES string of the molecule is CC(=O)c1ccc(N2CCN(C(=O)c3nn(C)cc3C(=O)O)CC2)cc1. The predicted octanol–water partition coefficient (Wildman–Crippen LogP) is 1.28. The summed E-state index contributed by atoms with van der Waals surface area (Å²) < 4.78 is 1.34. The summed E-state index contributed by atoms with van der Waals surface area (Å²) in [5.74, 6) is -1.50. The summed E-state index contributed by atoms with van der Waals surface area (Å²) in [6, 6.07) is 7.38. The number of nitrogens with zero attached hydrogens (tertiary/aromatic N) is 4. The molecule has 2 aromatic rings. The molecule has 1 N–H and O–H groups in total. The molecule has 0 radical (unpaired) electrons. The topological polar surface area (TPSA) is 95.7 Å². The van der Waals surface area contributed by atoms with Crippen LogP contribution in [0.25, 0.3) is 0 Å². The van der Waals surface area contributed by atoms with Gasteiger partial charge in [0.2, 0.25) is 0 Å². The number of carboxylic acid groups (broad SMARTS) is 1. The maximum Gasteiger partial charge on any atom is 0.339 e. The number of anilines is 1. The first kappa shape index (κ1) is 17.7. The average Bonchev–Trinajstić information content (AvgIpc) is 3.03. The van der Waals surface area contributed by atoms with Crippen molar-refractivity contribution in [1.29, 1.82) is 0 Å². The van der Waals surface area contributed by atoms with Gasteiger partial charge < -0.3 is 14.9 Å². The van der Waals surface area contributed by atoms with Crippen LogP contribution in [0.3, 0.4) is 0 Å². The highest BCUT2D eigenvalue weighted by atomic mass is 16.4. The van der Waals surface area contributed by atoms with Gasteiger partial charge in [-0.1, -0.05) is 0 Å². The van der Waals surface area contributed by atoms with E-state index in [4.69, 9.17) is 0 Å². The van der Waals surface area contributed by atoms with E-state index >= 15 is 0 Å². The predicted molar refractivity (Wildman–Crippen MR) is 94.7 cm³/mol. The highest BCUT2D eigenvalue weighted by Gasteiger charge is 2.28. The second-order valence-electron chi connectivity index (χ2n) is 6.25. The number of benzene rings is 1. The van der Waals surface area contributed by atoms with Crippen LogP contribution < -0.4 is 4.90 Å². The quantitative estimate of drug-likeness (QED) is 0.829. The van der Waals surface area contributed by atoms with Gasteiger partial charge in [0.15, 0.2) is 11.5 Å². The van der Waals surface area contributed by atoms with Gasteiger partial charge in [-0.15, -0.1) is 0 Å². The van der Waals surface area contributed by atoms with E-state index < -0.39 is 5.97 Å². The number of carbonyl (C=O) groups excluding carboxylic acids is 2. The zero-order valence-electron chi connectivity index (χ0n) is 14.7.